The summed E-state index contributed by atoms with van der Waals surface area (Å²) in [4.78, 5) is 2.40. The van der Waals surface area contributed by atoms with E-state index in [1.54, 1.807) is 0 Å². The summed E-state index contributed by atoms with van der Waals surface area (Å²) < 4.78 is 0. The van der Waals surface area contributed by atoms with Crippen LogP contribution >= 0.6 is 0 Å². The molecule has 0 spiro atoms. The van der Waals surface area contributed by atoms with Gasteiger partial charge in [0.05, 0.1) is 0 Å². The van der Waals surface area contributed by atoms with Gasteiger partial charge in [-0.25, -0.2) is 0 Å². The van der Waals surface area contributed by atoms with Gasteiger partial charge in [-0.15, -0.1) is 0 Å². The molecule has 1 aromatic carbocycles. The molecule has 2 N–H and O–H groups in total. The van der Waals surface area contributed by atoms with Crippen molar-refractivity contribution in [2.75, 3.05) is 13.6 Å². The first-order valence-electron chi connectivity index (χ1n) is 6.13. The van der Waals surface area contributed by atoms with Crippen molar-refractivity contribution in [1.82, 2.24) is 4.90 Å². The Morgan fingerprint density at radius 2 is 1.88 bits per heavy atom. The fourth-order valence-electron chi connectivity index (χ4n) is 2.04. The number of benzene rings is 1. The van der Waals surface area contributed by atoms with Gasteiger partial charge in [0.15, 0.2) is 0 Å². The van der Waals surface area contributed by atoms with Crippen LogP contribution in [0.25, 0.3) is 0 Å². The van der Waals surface area contributed by atoms with Gasteiger partial charge in [-0.2, -0.15) is 0 Å². The van der Waals surface area contributed by atoms with Crippen LogP contribution in [0.4, 0.5) is 0 Å². The van der Waals surface area contributed by atoms with Crippen LogP contribution in [0.1, 0.15) is 30.9 Å². The summed E-state index contributed by atoms with van der Waals surface area (Å²) in [6.45, 7) is 6.14. The lowest BCUT2D eigenvalue weighted by Crippen LogP contribution is -2.32. The van der Waals surface area contributed by atoms with Crippen molar-refractivity contribution in [3.63, 3.8) is 0 Å². The number of hydrogen-bond acceptors (Lipinski definition) is 2. The lowest BCUT2D eigenvalue weighted by molar-refractivity contribution is 0.218. The van der Waals surface area contributed by atoms with Crippen LogP contribution in [0.2, 0.25) is 0 Å². The van der Waals surface area contributed by atoms with Gasteiger partial charge in [0.1, 0.15) is 0 Å². The molecule has 0 aliphatic heterocycles. The van der Waals surface area contributed by atoms with Crippen LogP contribution in [-0.4, -0.2) is 24.5 Å². The maximum absolute atomic E-state index is 5.63. The molecule has 0 aliphatic rings. The van der Waals surface area contributed by atoms with Crippen LogP contribution in [0.15, 0.2) is 24.3 Å². The van der Waals surface area contributed by atoms with Crippen molar-refractivity contribution in [1.29, 1.82) is 0 Å². The van der Waals surface area contributed by atoms with Crippen molar-refractivity contribution in [2.24, 2.45) is 5.73 Å². The fourth-order valence-corrected chi connectivity index (χ4v) is 2.04. The molecule has 0 saturated carbocycles. The van der Waals surface area contributed by atoms with Gasteiger partial charge in [-0.1, -0.05) is 36.8 Å². The van der Waals surface area contributed by atoms with E-state index in [1.807, 2.05) is 0 Å². The molecule has 2 nitrogen and oxygen atoms in total. The first-order chi connectivity index (χ1) is 7.67. The SMILES string of the molecule is CCC(CCN)N(C)Cc1ccc(C)cc1. The third kappa shape index (κ3) is 3.95. The number of rotatable bonds is 6. The summed E-state index contributed by atoms with van der Waals surface area (Å²) in [6.07, 6.45) is 2.25. The number of aryl methyl sites for hydroxylation is 1. The van der Waals surface area contributed by atoms with E-state index in [-0.39, 0.29) is 0 Å². The van der Waals surface area contributed by atoms with Gasteiger partial charge in [0.2, 0.25) is 0 Å². The Kier molecular flexibility index (Phi) is 5.50. The topological polar surface area (TPSA) is 29.3 Å². The van der Waals surface area contributed by atoms with E-state index in [4.69, 9.17) is 5.73 Å². The zero-order valence-electron chi connectivity index (χ0n) is 10.7. The van der Waals surface area contributed by atoms with Crippen molar-refractivity contribution in [3.8, 4) is 0 Å². The highest BCUT2D eigenvalue weighted by Gasteiger charge is 2.11. The highest BCUT2D eigenvalue weighted by Crippen LogP contribution is 2.11. The van der Waals surface area contributed by atoms with E-state index in [2.05, 4.69) is 50.1 Å². The number of nitrogens with two attached hydrogens (primary N) is 1. The summed E-state index contributed by atoms with van der Waals surface area (Å²) in [5, 5.41) is 0. The second-order valence-electron chi connectivity index (χ2n) is 4.54. The van der Waals surface area contributed by atoms with Gasteiger partial charge in [0.25, 0.3) is 0 Å². The molecule has 0 radical (unpaired) electrons. The van der Waals surface area contributed by atoms with Crippen LogP contribution in [0.5, 0.6) is 0 Å². The molecule has 1 unspecified atom stereocenters. The monoisotopic (exact) mass is 220 g/mol. The Labute approximate surface area is 99.5 Å². The molecule has 2 heteroatoms. The molecule has 0 amide bonds. The van der Waals surface area contributed by atoms with E-state index < -0.39 is 0 Å². The average molecular weight is 220 g/mol. The summed E-state index contributed by atoms with van der Waals surface area (Å²) >= 11 is 0. The molecule has 1 rings (SSSR count). The van der Waals surface area contributed by atoms with Gasteiger partial charge in [-0.05, 0) is 38.9 Å². The molecular formula is C14H24N2. The molecule has 0 heterocycles. The molecule has 0 fully saturated rings. The minimum Gasteiger partial charge on any atom is -0.330 e. The van der Waals surface area contributed by atoms with E-state index in [1.165, 1.54) is 17.5 Å². The Bertz CT molecular complexity index is 292. The normalized spacial score (nSPS) is 13.1. The number of nitrogens with zero attached hydrogens (tertiary/aromatic N) is 1. The lowest BCUT2D eigenvalue weighted by Gasteiger charge is -2.26. The largest absolute Gasteiger partial charge is 0.330 e. The van der Waals surface area contributed by atoms with E-state index in [0.717, 1.165) is 19.5 Å². The molecule has 0 aliphatic carbocycles. The van der Waals surface area contributed by atoms with Gasteiger partial charge >= 0.3 is 0 Å². The van der Waals surface area contributed by atoms with Gasteiger partial charge < -0.3 is 5.73 Å². The molecular weight excluding hydrogens is 196 g/mol. The molecule has 0 bridgehead atoms. The molecule has 0 aromatic heterocycles. The van der Waals surface area contributed by atoms with E-state index in [9.17, 15) is 0 Å². The van der Waals surface area contributed by atoms with Crippen molar-refractivity contribution < 1.29 is 0 Å². The Morgan fingerprint density at radius 1 is 1.25 bits per heavy atom. The first kappa shape index (κ1) is 13.2. The summed E-state index contributed by atoms with van der Waals surface area (Å²) in [5.41, 5.74) is 8.33. The van der Waals surface area contributed by atoms with Crippen LogP contribution < -0.4 is 5.73 Å². The molecule has 1 aromatic rings. The number of hydrogen-bond donors (Lipinski definition) is 1. The third-order valence-electron chi connectivity index (χ3n) is 3.15. The van der Waals surface area contributed by atoms with Crippen LogP contribution in [0.3, 0.4) is 0 Å². The zero-order valence-corrected chi connectivity index (χ0v) is 10.7. The van der Waals surface area contributed by atoms with Crippen LogP contribution in [0, 0.1) is 6.92 Å². The lowest BCUT2D eigenvalue weighted by atomic mass is 10.1. The summed E-state index contributed by atoms with van der Waals surface area (Å²) in [5.74, 6) is 0. The predicted octanol–water partition coefficient (Wildman–Crippen LogP) is 2.55. The average Bonchev–Trinajstić information content (AvgIpc) is 2.29. The smallest absolute Gasteiger partial charge is 0.0233 e. The van der Waals surface area contributed by atoms with E-state index >= 15 is 0 Å². The highest BCUT2D eigenvalue weighted by molar-refractivity contribution is 5.21. The van der Waals surface area contributed by atoms with Crippen molar-refractivity contribution in [2.45, 2.75) is 39.3 Å². The zero-order chi connectivity index (χ0) is 12.0. The molecule has 0 saturated heterocycles. The molecule has 16 heavy (non-hydrogen) atoms. The fraction of sp³-hybridized carbons (Fsp3) is 0.571. The van der Waals surface area contributed by atoms with Crippen molar-refractivity contribution in [3.05, 3.63) is 35.4 Å². The Morgan fingerprint density at radius 3 is 2.38 bits per heavy atom. The highest BCUT2D eigenvalue weighted by atomic mass is 15.1. The minimum absolute atomic E-state index is 0.603. The molecule has 1 atom stereocenters. The van der Waals surface area contributed by atoms with Crippen LogP contribution in [-0.2, 0) is 6.54 Å². The summed E-state index contributed by atoms with van der Waals surface area (Å²) in [7, 11) is 2.18. The Hall–Kier alpha value is -0.860. The first-order valence-corrected chi connectivity index (χ1v) is 6.13. The second-order valence-corrected chi connectivity index (χ2v) is 4.54. The van der Waals surface area contributed by atoms with Crippen molar-refractivity contribution >= 4 is 0 Å². The quantitative estimate of drug-likeness (QED) is 0.798. The Balaban J connectivity index is 2.55. The maximum atomic E-state index is 5.63. The van der Waals surface area contributed by atoms with E-state index in [0.29, 0.717) is 6.04 Å². The minimum atomic E-state index is 0.603. The maximum Gasteiger partial charge on any atom is 0.0233 e. The predicted molar refractivity (Wildman–Crippen MR) is 70.4 cm³/mol. The third-order valence-corrected chi connectivity index (χ3v) is 3.15. The summed E-state index contributed by atoms with van der Waals surface area (Å²) in [6, 6.07) is 9.37. The van der Waals surface area contributed by atoms with Gasteiger partial charge in [-0.3, -0.25) is 4.90 Å². The second kappa shape index (κ2) is 6.66. The molecule has 90 valence electrons. The standard InChI is InChI=1S/C14H24N2/c1-4-14(9-10-15)16(3)11-13-7-5-12(2)6-8-13/h5-8,14H,4,9-11,15H2,1-3H3. The van der Waals surface area contributed by atoms with Gasteiger partial charge in [0, 0.05) is 12.6 Å².